The zero-order valence-electron chi connectivity index (χ0n) is 6.45. The first-order valence-corrected chi connectivity index (χ1v) is 4.90. The maximum Gasteiger partial charge on any atom is 0.320 e. The van der Waals surface area contributed by atoms with Gasteiger partial charge in [0, 0.05) is 6.42 Å². The van der Waals surface area contributed by atoms with Crippen molar-refractivity contribution in [1.29, 1.82) is 0 Å². The summed E-state index contributed by atoms with van der Waals surface area (Å²) in [5, 5.41) is 8.34. The molecule has 0 bridgehead atoms. The zero-order chi connectivity index (χ0) is 8.85. The van der Waals surface area contributed by atoms with E-state index >= 15 is 0 Å². The van der Waals surface area contributed by atoms with E-state index in [1.54, 1.807) is 6.92 Å². The summed E-state index contributed by atoms with van der Waals surface area (Å²) in [6.07, 6.45) is 0.287. The van der Waals surface area contributed by atoms with Gasteiger partial charge >= 0.3 is 5.97 Å². The Bertz CT molecular complexity index is 131. The van der Waals surface area contributed by atoms with Crippen LogP contribution in [0, 0.1) is 0 Å². The molecule has 2 unspecified atom stereocenters. The Morgan fingerprint density at radius 1 is 1.82 bits per heavy atom. The highest BCUT2D eigenvalue weighted by Crippen LogP contribution is 1.96. The summed E-state index contributed by atoms with van der Waals surface area (Å²) in [6, 6.07) is -0.870. The standard InChI is InChI=1S/C6H13NO3S/c1-2-11(10)4-3-5(7)6(8)9/h5H,2-4,7H2,1H3,(H,8,9). The molecule has 0 saturated heterocycles. The van der Waals surface area contributed by atoms with Crippen molar-refractivity contribution in [2.24, 2.45) is 5.73 Å². The van der Waals surface area contributed by atoms with Crippen LogP contribution in [0.4, 0.5) is 0 Å². The number of hydrogen-bond acceptors (Lipinski definition) is 3. The highest BCUT2D eigenvalue weighted by atomic mass is 32.2. The van der Waals surface area contributed by atoms with Crippen LogP contribution in [0.25, 0.3) is 0 Å². The van der Waals surface area contributed by atoms with Crippen LogP contribution >= 0.6 is 0 Å². The quantitative estimate of drug-likeness (QED) is 0.560. The first-order chi connectivity index (χ1) is 5.07. The van der Waals surface area contributed by atoms with Crippen LogP contribution in [-0.2, 0) is 16.0 Å². The molecule has 0 spiro atoms. The Morgan fingerprint density at radius 2 is 2.36 bits per heavy atom. The first kappa shape index (κ1) is 10.7. The molecule has 0 aromatic heterocycles. The highest BCUT2D eigenvalue weighted by Gasteiger charge is 2.14. The molecule has 66 valence electrons. The van der Waals surface area contributed by atoms with Crippen LogP contribution in [0.2, 0.25) is 0 Å². The van der Waals surface area contributed by atoms with Crippen molar-refractivity contribution >= 4 is 17.1 Å². The van der Waals surface area contributed by atoms with Gasteiger partial charge in [0.2, 0.25) is 0 Å². The average molecular weight is 179 g/mol. The third kappa shape index (κ3) is 5.06. The monoisotopic (exact) mass is 179 g/mol. The molecule has 5 heteroatoms. The summed E-state index contributed by atoms with van der Waals surface area (Å²) in [5.74, 6) is -0.0888. The Morgan fingerprint density at radius 3 is 2.73 bits per heavy atom. The van der Waals surface area contributed by atoms with Gasteiger partial charge in [0.1, 0.15) is 17.5 Å². The fourth-order valence-electron chi connectivity index (χ4n) is 0.526. The van der Waals surface area contributed by atoms with E-state index < -0.39 is 23.2 Å². The third-order valence-electron chi connectivity index (χ3n) is 1.30. The van der Waals surface area contributed by atoms with Gasteiger partial charge in [0.25, 0.3) is 0 Å². The molecular formula is C6H13NO3S. The van der Waals surface area contributed by atoms with Gasteiger partial charge in [-0.05, 0) is 6.92 Å². The summed E-state index contributed by atoms with van der Waals surface area (Å²) < 4.78 is 10.8. The van der Waals surface area contributed by atoms with Crippen LogP contribution in [0.5, 0.6) is 0 Å². The largest absolute Gasteiger partial charge is 0.616 e. The van der Waals surface area contributed by atoms with Gasteiger partial charge in [-0.3, -0.25) is 4.79 Å². The lowest BCUT2D eigenvalue weighted by Gasteiger charge is -2.09. The van der Waals surface area contributed by atoms with Crippen molar-refractivity contribution in [2.45, 2.75) is 19.4 Å². The Labute approximate surface area is 69.0 Å². The average Bonchev–Trinajstić information content (AvgIpc) is 1.99. The van der Waals surface area contributed by atoms with Crippen molar-refractivity contribution in [3.63, 3.8) is 0 Å². The van der Waals surface area contributed by atoms with Crippen molar-refractivity contribution in [3.8, 4) is 0 Å². The maximum atomic E-state index is 10.8. The van der Waals surface area contributed by atoms with E-state index in [4.69, 9.17) is 10.8 Å². The van der Waals surface area contributed by atoms with Gasteiger partial charge in [0.05, 0.1) is 0 Å². The third-order valence-corrected chi connectivity index (χ3v) is 2.63. The topological polar surface area (TPSA) is 86.4 Å². The zero-order valence-corrected chi connectivity index (χ0v) is 7.26. The molecule has 0 aliphatic carbocycles. The lowest BCUT2D eigenvalue weighted by molar-refractivity contribution is -0.138. The lowest BCUT2D eigenvalue weighted by Crippen LogP contribution is -2.32. The van der Waals surface area contributed by atoms with Crippen LogP contribution < -0.4 is 5.73 Å². The van der Waals surface area contributed by atoms with Crippen LogP contribution in [0.1, 0.15) is 13.3 Å². The second kappa shape index (κ2) is 5.40. The fourth-order valence-corrected chi connectivity index (χ4v) is 1.33. The molecule has 4 nitrogen and oxygen atoms in total. The van der Waals surface area contributed by atoms with E-state index in [1.807, 2.05) is 0 Å². The Hall–Kier alpha value is -0.260. The van der Waals surface area contributed by atoms with Gasteiger partial charge < -0.3 is 15.4 Å². The Kier molecular flexibility index (Phi) is 5.27. The minimum atomic E-state index is -1.03. The number of carboxylic acids is 1. The number of hydrogen-bond donors (Lipinski definition) is 2. The van der Waals surface area contributed by atoms with Crippen molar-refractivity contribution < 1.29 is 14.5 Å². The van der Waals surface area contributed by atoms with Crippen LogP contribution in [0.15, 0.2) is 0 Å². The van der Waals surface area contributed by atoms with Gasteiger partial charge in [-0.25, -0.2) is 0 Å². The molecule has 0 aromatic carbocycles. The smallest absolute Gasteiger partial charge is 0.320 e. The van der Waals surface area contributed by atoms with Gasteiger partial charge in [-0.2, -0.15) is 0 Å². The minimum absolute atomic E-state index is 0.287. The molecular weight excluding hydrogens is 166 g/mol. The number of aliphatic carboxylic acids is 1. The number of carboxylic acid groups (broad SMARTS) is 1. The molecule has 0 aliphatic rings. The van der Waals surface area contributed by atoms with E-state index in [0.29, 0.717) is 11.5 Å². The molecule has 0 saturated carbocycles. The first-order valence-electron chi connectivity index (χ1n) is 3.41. The molecule has 0 amide bonds. The summed E-state index contributed by atoms with van der Waals surface area (Å²) in [5.41, 5.74) is 5.19. The van der Waals surface area contributed by atoms with Gasteiger partial charge in [-0.1, -0.05) is 11.2 Å². The summed E-state index contributed by atoms with van der Waals surface area (Å²) in [4.78, 5) is 10.2. The molecule has 0 radical (unpaired) electrons. The van der Waals surface area contributed by atoms with Crippen LogP contribution in [0.3, 0.4) is 0 Å². The maximum absolute atomic E-state index is 10.8. The normalized spacial score (nSPS) is 15.9. The molecule has 0 aliphatic heterocycles. The number of rotatable bonds is 5. The number of nitrogens with two attached hydrogens (primary N) is 1. The van der Waals surface area contributed by atoms with Crippen LogP contribution in [-0.4, -0.2) is 33.2 Å². The molecule has 3 N–H and O–H groups in total. The summed E-state index contributed by atoms with van der Waals surface area (Å²) >= 11 is -0.907. The fraction of sp³-hybridized carbons (Fsp3) is 0.833. The van der Waals surface area contributed by atoms with E-state index in [2.05, 4.69) is 0 Å². The molecule has 11 heavy (non-hydrogen) atoms. The predicted octanol–water partition coefficient (Wildman–Crippen LogP) is -0.443. The highest BCUT2D eigenvalue weighted by molar-refractivity contribution is 7.91. The van der Waals surface area contributed by atoms with E-state index in [-0.39, 0.29) is 6.42 Å². The van der Waals surface area contributed by atoms with Crippen molar-refractivity contribution in [2.75, 3.05) is 11.5 Å². The summed E-state index contributed by atoms with van der Waals surface area (Å²) in [6.45, 7) is 1.79. The molecule has 2 atom stereocenters. The molecule has 0 aromatic rings. The Balaban J connectivity index is 3.45. The minimum Gasteiger partial charge on any atom is -0.616 e. The predicted molar refractivity (Wildman–Crippen MR) is 43.8 cm³/mol. The SMILES string of the molecule is CC[S+]([O-])CCC(N)C(=O)O. The lowest BCUT2D eigenvalue weighted by atomic mass is 10.2. The van der Waals surface area contributed by atoms with E-state index in [1.165, 1.54) is 0 Å². The van der Waals surface area contributed by atoms with Crippen molar-refractivity contribution in [1.82, 2.24) is 0 Å². The second-order valence-electron chi connectivity index (χ2n) is 2.17. The van der Waals surface area contributed by atoms with Gasteiger partial charge in [0.15, 0.2) is 0 Å². The molecule has 0 heterocycles. The van der Waals surface area contributed by atoms with Crippen molar-refractivity contribution in [3.05, 3.63) is 0 Å². The van der Waals surface area contributed by atoms with Gasteiger partial charge in [-0.15, -0.1) is 0 Å². The second-order valence-corrected chi connectivity index (χ2v) is 4.03. The molecule has 0 rings (SSSR count). The van der Waals surface area contributed by atoms with E-state index in [9.17, 15) is 9.35 Å². The number of carbonyl (C=O) groups is 1. The molecule has 0 fully saturated rings. The van der Waals surface area contributed by atoms with E-state index in [0.717, 1.165) is 0 Å². The summed E-state index contributed by atoms with van der Waals surface area (Å²) in [7, 11) is 0.